The van der Waals surface area contributed by atoms with Crippen LogP contribution >= 0.6 is 0 Å². The minimum Gasteiger partial charge on any atom is -0.394 e. The molecule has 0 aromatic carbocycles. The minimum atomic E-state index is -1.29. The first-order valence-corrected chi connectivity index (χ1v) is 27.7. The van der Waals surface area contributed by atoms with Gasteiger partial charge in [0.15, 0.2) is 0 Å². The van der Waals surface area contributed by atoms with Crippen LogP contribution in [-0.4, -0.2) is 57.3 Å². The number of amides is 1. The van der Waals surface area contributed by atoms with Crippen LogP contribution in [0.3, 0.4) is 0 Å². The number of hydrogen-bond donors (Lipinski definition) is 5. The largest absolute Gasteiger partial charge is 0.394 e. The molecule has 62 heavy (non-hydrogen) atoms. The van der Waals surface area contributed by atoms with E-state index < -0.39 is 36.9 Å². The number of nitrogens with one attached hydrogen (secondary N) is 1. The van der Waals surface area contributed by atoms with Gasteiger partial charge in [-0.3, -0.25) is 4.79 Å². The summed E-state index contributed by atoms with van der Waals surface area (Å²) in [7, 11) is 0. The van der Waals surface area contributed by atoms with Crippen LogP contribution in [0.25, 0.3) is 0 Å². The van der Waals surface area contributed by atoms with Crippen molar-refractivity contribution < 1.29 is 25.2 Å². The van der Waals surface area contributed by atoms with Crippen LogP contribution in [0.15, 0.2) is 24.3 Å². The summed E-state index contributed by atoms with van der Waals surface area (Å²) in [6, 6.07) is -1.01. The zero-order chi connectivity index (χ0) is 45.2. The molecule has 0 aromatic rings. The summed E-state index contributed by atoms with van der Waals surface area (Å²) in [6.07, 6.45) is 61.0. The zero-order valence-corrected chi connectivity index (χ0v) is 41.6. The van der Waals surface area contributed by atoms with Gasteiger partial charge in [0.25, 0.3) is 0 Å². The quantitative estimate of drug-likeness (QED) is 0.0309. The third-order valence-corrected chi connectivity index (χ3v) is 13.1. The molecule has 0 fully saturated rings. The van der Waals surface area contributed by atoms with Crippen LogP contribution in [0.2, 0.25) is 0 Å². The maximum absolute atomic E-state index is 12.6. The topological polar surface area (TPSA) is 110 Å². The average Bonchev–Trinajstić information content (AvgIpc) is 3.28. The third-order valence-electron chi connectivity index (χ3n) is 13.1. The van der Waals surface area contributed by atoms with Crippen LogP contribution < -0.4 is 5.32 Å². The van der Waals surface area contributed by atoms with E-state index in [1.807, 2.05) is 0 Å². The van der Waals surface area contributed by atoms with Gasteiger partial charge in [-0.05, 0) is 51.4 Å². The van der Waals surface area contributed by atoms with Crippen LogP contribution in [-0.2, 0) is 4.79 Å². The lowest BCUT2D eigenvalue weighted by molar-refractivity contribution is -0.132. The Morgan fingerprint density at radius 2 is 0.677 bits per heavy atom. The molecule has 0 bridgehead atoms. The Labute approximate surface area is 386 Å². The molecule has 0 spiro atoms. The van der Waals surface area contributed by atoms with E-state index in [9.17, 15) is 25.2 Å². The lowest BCUT2D eigenvalue weighted by atomic mass is 10.00. The molecule has 4 atom stereocenters. The first-order chi connectivity index (χ1) is 30.5. The summed E-state index contributed by atoms with van der Waals surface area (Å²) in [6.45, 7) is 4.07. The standard InChI is InChI=1S/C56H109NO5/c1-3-5-7-9-11-13-15-17-19-21-23-24-25-26-27-28-29-30-32-33-35-37-39-41-43-45-47-49-53(59)55(61)52(51-58)57-56(62)54(60)50-48-46-44-42-40-38-36-34-31-22-20-18-16-14-12-10-8-6-4-2/h33,35,41,43,52-55,58-61H,3-32,34,36-40,42,44-51H2,1-2H3,(H,57,62)/b35-33+,43-41+. The molecule has 0 saturated heterocycles. The van der Waals surface area contributed by atoms with E-state index in [0.717, 1.165) is 38.5 Å². The van der Waals surface area contributed by atoms with Gasteiger partial charge in [0.1, 0.15) is 12.2 Å². The van der Waals surface area contributed by atoms with Gasteiger partial charge < -0.3 is 25.7 Å². The minimum absolute atomic E-state index is 0.364. The highest BCUT2D eigenvalue weighted by molar-refractivity contribution is 5.80. The van der Waals surface area contributed by atoms with Gasteiger partial charge in [0, 0.05) is 0 Å². The number of allylic oxidation sites excluding steroid dienone is 4. The Hall–Kier alpha value is -1.21. The van der Waals surface area contributed by atoms with E-state index in [1.165, 1.54) is 225 Å². The number of aliphatic hydroxyl groups excluding tert-OH is 4. The van der Waals surface area contributed by atoms with Crippen molar-refractivity contribution in [2.24, 2.45) is 0 Å². The monoisotopic (exact) mass is 876 g/mol. The second kappa shape index (κ2) is 50.8. The van der Waals surface area contributed by atoms with E-state index in [-0.39, 0.29) is 0 Å². The molecular weight excluding hydrogens is 767 g/mol. The number of hydrogen-bond acceptors (Lipinski definition) is 5. The molecule has 5 N–H and O–H groups in total. The van der Waals surface area contributed by atoms with Gasteiger partial charge in [-0.2, -0.15) is 0 Å². The number of carbonyl (C=O) groups excluding carboxylic acids is 1. The van der Waals surface area contributed by atoms with E-state index in [0.29, 0.717) is 19.3 Å². The van der Waals surface area contributed by atoms with Crippen molar-refractivity contribution in [3.05, 3.63) is 24.3 Å². The average molecular weight is 876 g/mol. The maximum Gasteiger partial charge on any atom is 0.249 e. The molecule has 0 radical (unpaired) electrons. The Morgan fingerprint density at radius 3 is 1.02 bits per heavy atom. The predicted octanol–water partition coefficient (Wildman–Crippen LogP) is 15.9. The number of carbonyl (C=O) groups is 1. The summed E-state index contributed by atoms with van der Waals surface area (Å²) in [4.78, 5) is 12.6. The van der Waals surface area contributed by atoms with Crippen LogP contribution in [0, 0.1) is 0 Å². The van der Waals surface area contributed by atoms with Crippen molar-refractivity contribution in [3.63, 3.8) is 0 Å². The first kappa shape index (κ1) is 60.8. The van der Waals surface area contributed by atoms with Crippen LogP contribution in [0.5, 0.6) is 0 Å². The molecule has 0 aliphatic carbocycles. The van der Waals surface area contributed by atoms with Crippen LogP contribution in [0.4, 0.5) is 0 Å². The fourth-order valence-electron chi connectivity index (χ4n) is 8.78. The number of aliphatic hydroxyl groups is 4. The second-order valence-electron chi connectivity index (χ2n) is 19.3. The Balaban J connectivity index is 3.67. The predicted molar refractivity (Wildman–Crippen MR) is 270 cm³/mol. The molecule has 6 nitrogen and oxygen atoms in total. The molecule has 0 aromatic heterocycles. The van der Waals surface area contributed by atoms with Gasteiger partial charge >= 0.3 is 0 Å². The van der Waals surface area contributed by atoms with Crippen molar-refractivity contribution in [3.8, 4) is 0 Å². The smallest absolute Gasteiger partial charge is 0.249 e. The Bertz CT molecular complexity index is 939. The highest BCUT2D eigenvalue weighted by Crippen LogP contribution is 2.18. The van der Waals surface area contributed by atoms with E-state index in [4.69, 9.17) is 0 Å². The lowest BCUT2D eigenvalue weighted by Crippen LogP contribution is -2.53. The number of unbranched alkanes of at least 4 members (excludes halogenated alkanes) is 38. The first-order valence-electron chi connectivity index (χ1n) is 27.7. The van der Waals surface area contributed by atoms with Gasteiger partial charge in [-0.25, -0.2) is 0 Å². The summed E-state index contributed by atoms with van der Waals surface area (Å²) >= 11 is 0. The molecule has 1 amide bonds. The van der Waals surface area contributed by atoms with Gasteiger partial charge in [-0.15, -0.1) is 0 Å². The summed E-state index contributed by atoms with van der Waals surface area (Å²) in [5.41, 5.74) is 0. The zero-order valence-electron chi connectivity index (χ0n) is 41.6. The normalized spacial score (nSPS) is 14.0. The molecular formula is C56H109NO5. The Kier molecular flexibility index (Phi) is 49.8. The van der Waals surface area contributed by atoms with Crippen molar-refractivity contribution in [1.82, 2.24) is 5.32 Å². The van der Waals surface area contributed by atoms with E-state index in [1.54, 1.807) is 0 Å². The van der Waals surface area contributed by atoms with Crippen molar-refractivity contribution in [1.29, 1.82) is 0 Å². The SMILES string of the molecule is CCCCCCCCCCCCCCCCCCCC/C=C/CC/C=C/CCCC(O)C(O)C(CO)NC(=O)C(O)CCCCCCCCCCCCCCCCCCCCC. The maximum atomic E-state index is 12.6. The fraction of sp³-hybridized carbons (Fsp3) is 0.911. The molecule has 368 valence electrons. The highest BCUT2D eigenvalue weighted by Gasteiger charge is 2.28. The van der Waals surface area contributed by atoms with Crippen molar-refractivity contribution in [2.45, 2.75) is 321 Å². The molecule has 0 aliphatic rings. The molecule has 0 rings (SSSR count). The molecule has 6 heteroatoms. The molecule has 4 unspecified atom stereocenters. The second-order valence-corrected chi connectivity index (χ2v) is 19.3. The number of rotatable bonds is 51. The van der Waals surface area contributed by atoms with Gasteiger partial charge in [0.05, 0.1) is 18.8 Å². The molecule has 0 saturated carbocycles. The molecule has 0 aliphatic heterocycles. The van der Waals surface area contributed by atoms with Crippen LogP contribution in [0.1, 0.15) is 296 Å². The highest BCUT2D eigenvalue weighted by atomic mass is 16.3. The Morgan fingerprint density at radius 1 is 0.387 bits per heavy atom. The lowest BCUT2D eigenvalue weighted by Gasteiger charge is -2.27. The van der Waals surface area contributed by atoms with Crippen molar-refractivity contribution in [2.75, 3.05) is 6.61 Å². The molecule has 0 heterocycles. The van der Waals surface area contributed by atoms with E-state index >= 15 is 0 Å². The van der Waals surface area contributed by atoms with Gasteiger partial charge in [0.2, 0.25) is 5.91 Å². The van der Waals surface area contributed by atoms with E-state index in [2.05, 4.69) is 43.5 Å². The summed E-state index contributed by atoms with van der Waals surface area (Å²) < 4.78 is 0. The van der Waals surface area contributed by atoms with Gasteiger partial charge in [-0.1, -0.05) is 269 Å². The third kappa shape index (κ3) is 44.0. The summed E-state index contributed by atoms with van der Waals surface area (Å²) in [5.74, 6) is -0.593. The summed E-state index contributed by atoms with van der Waals surface area (Å²) in [5, 5.41) is 43.9. The fourth-order valence-corrected chi connectivity index (χ4v) is 8.78. The van der Waals surface area contributed by atoms with Crippen molar-refractivity contribution >= 4 is 5.91 Å².